The molecule has 1 unspecified atom stereocenters. The molecule has 3 amide bonds. The Bertz CT molecular complexity index is 994. The van der Waals surface area contributed by atoms with Gasteiger partial charge >= 0.3 is 6.03 Å². The van der Waals surface area contributed by atoms with Crippen LogP contribution in [-0.2, 0) is 19.5 Å². The van der Waals surface area contributed by atoms with E-state index < -0.39 is 12.0 Å². The van der Waals surface area contributed by atoms with E-state index in [-0.39, 0.29) is 30.1 Å². The van der Waals surface area contributed by atoms with Crippen molar-refractivity contribution in [1.29, 1.82) is 0 Å². The first-order valence-electron chi connectivity index (χ1n) is 9.86. The Labute approximate surface area is 177 Å². The Morgan fingerprint density at radius 2 is 2.13 bits per heavy atom. The number of alkyl halides is 1. The molecule has 3 heterocycles. The number of halogens is 3. The monoisotopic (exact) mass is 437 g/mol. The van der Waals surface area contributed by atoms with Crippen molar-refractivity contribution in [2.45, 2.75) is 39.0 Å². The van der Waals surface area contributed by atoms with E-state index in [0.717, 1.165) is 5.69 Å². The third-order valence-corrected chi connectivity index (χ3v) is 5.61. The normalized spacial score (nSPS) is 17.3. The first kappa shape index (κ1) is 20.6. The van der Waals surface area contributed by atoms with Crippen molar-refractivity contribution in [1.82, 2.24) is 19.6 Å². The largest absolute Gasteiger partial charge is 0.334 e. The molecular weight excluding hydrogens is 416 g/mol. The van der Waals surface area contributed by atoms with E-state index in [1.807, 2.05) is 0 Å². The van der Waals surface area contributed by atoms with Gasteiger partial charge in [-0.15, -0.1) is 0 Å². The number of hydrogen-bond acceptors (Lipinski definition) is 3. The lowest BCUT2D eigenvalue weighted by Gasteiger charge is -2.28. The highest BCUT2D eigenvalue weighted by molar-refractivity contribution is 6.31. The molecule has 1 N–H and O–H groups in total. The number of carbonyl (C=O) groups excluding carboxylic acids is 2. The van der Waals surface area contributed by atoms with Gasteiger partial charge < -0.3 is 15.1 Å². The predicted molar refractivity (Wildman–Crippen MR) is 108 cm³/mol. The van der Waals surface area contributed by atoms with Gasteiger partial charge in [-0.1, -0.05) is 11.6 Å². The number of benzene rings is 1. The second-order valence-electron chi connectivity index (χ2n) is 7.61. The second kappa shape index (κ2) is 8.22. The van der Waals surface area contributed by atoms with Crippen LogP contribution in [0.1, 0.15) is 35.1 Å². The number of rotatable bonds is 3. The summed E-state index contributed by atoms with van der Waals surface area (Å²) in [4.78, 5) is 28.9. The number of anilines is 1. The van der Waals surface area contributed by atoms with E-state index in [4.69, 9.17) is 11.6 Å². The highest BCUT2D eigenvalue weighted by Crippen LogP contribution is 2.27. The van der Waals surface area contributed by atoms with Crippen LogP contribution < -0.4 is 5.32 Å². The molecule has 0 spiro atoms. The Hall–Kier alpha value is -2.68. The number of carbonyl (C=O) groups is 2. The number of fused-ring (bicyclic) bond motifs is 3. The maximum atomic E-state index is 13.6. The first-order chi connectivity index (χ1) is 14.3. The minimum absolute atomic E-state index is 0.0360. The Morgan fingerprint density at radius 1 is 1.33 bits per heavy atom. The lowest BCUT2D eigenvalue weighted by molar-refractivity contribution is 0.0716. The number of amides is 3. The standard InChI is InChI=1S/C20H22ClF2N5O2/c1-12(22)10-26-6-2-7-28-18(19(26)29)14-11-27(8-5-17(14)25-28)20(30)24-13-3-4-16(23)15(21)9-13/h3-4,9,12H,2,5-8,10-11H2,1H3,(H,24,30). The molecule has 1 atom stereocenters. The molecule has 2 aliphatic heterocycles. The fourth-order valence-corrected chi connectivity index (χ4v) is 4.10. The molecule has 160 valence electrons. The molecule has 0 saturated carbocycles. The smallest absolute Gasteiger partial charge is 0.322 e. The van der Waals surface area contributed by atoms with Crippen LogP contribution >= 0.6 is 11.6 Å². The van der Waals surface area contributed by atoms with Gasteiger partial charge in [0, 0.05) is 37.3 Å². The fourth-order valence-electron chi connectivity index (χ4n) is 3.92. The van der Waals surface area contributed by atoms with Gasteiger partial charge in [0.15, 0.2) is 0 Å². The van der Waals surface area contributed by atoms with Crippen molar-refractivity contribution in [2.24, 2.45) is 0 Å². The molecule has 7 nitrogen and oxygen atoms in total. The minimum atomic E-state index is -1.12. The highest BCUT2D eigenvalue weighted by Gasteiger charge is 2.33. The van der Waals surface area contributed by atoms with Crippen LogP contribution in [-0.4, -0.2) is 57.3 Å². The van der Waals surface area contributed by atoms with Gasteiger partial charge in [-0.3, -0.25) is 9.48 Å². The lowest BCUT2D eigenvalue weighted by Crippen LogP contribution is -2.40. The molecule has 1 aromatic heterocycles. The van der Waals surface area contributed by atoms with Crippen LogP contribution in [0.3, 0.4) is 0 Å². The lowest BCUT2D eigenvalue weighted by atomic mass is 10.0. The molecule has 0 radical (unpaired) electrons. The van der Waals surface area contributed by atoms with Crippen LogP contribution in [0, 0.1) is 5.82 Å². The highest BCUT2D eigenvalue weighted by atomic mass is 35.5. The zero-order valence-electron chi connectivity index (χ0n) is 16.5. The number of urea groups is 1. The predicted octanol–water partition coefficient (Wildman–Crippen LogP) is 3.47. The Balaban J connectivity index is 1.55. The SMILES string of the molecule is CC(F)CN1CCCn2nc3c(c2C1=O)CN(C(=O)Nc1ccc(F)c(Cl)c1)CC3. The molecule has 2 aliphatic rings. The Morgan fingerprint density at radius 3 is 2.87 bits per heavy atom. The number of aryl methyl sites for hydroxylation is 1. The average molecular weight is 438 g/mol. The minimum Gasteiger partial charge on any atom is -0.334 e. The molecule has 2 aromatic rings. The van der Waals surface area contributed by atoms with Gasteiger partial charge in [0.25, 0.3) is 5.91 Å². The zero-order valence-corrected chi connectivity index (χ0v) is 17.3. The van der Waals surface area contributed by atoms with Gasteiger partial charge in [-0.25, -0.2) is 13.6 Å². The van der Waals surface area contributed by atoms with E-state index in [1.165, 1.54) is 30.0 Å². The van der Waals surface area contributed by atoms with E-state index in [1.54, 1.807) is 9.58 Å². The topological polar surface area (TPSA) is 70.5 Å². The van der Waals surface area contributed by atoms with Crippen LogP contribution in [0.4, 0.5) is 19.3 Å². The Kier molecular flexibility index (Phi) is 5.64. The molecular formula is C20H22ClF2N5O2. The molecule has 30 heavy (non-hydrogen) atoms. The van der Waals surface area contributed by atoms with Crippen molar-refractivity contribution in [2.75, 3.05) is 25.0 Å². The summed E-state index contributed by atoms with van der Waals surface area (Å²) in [5, 5.41) is 7.20. The van der Waals surface area contributed by atoms with Gasteiger partial charge in [0.2, 0.25) is 0 Å². The summed E-state index contributed by atoms with van der Waals surface area (Å²) >= 11 is 5.78. The summed E-state index contributed by atoms with van der Waals surface area (Å²) in [5.41, 5.74) is 2.31. The molecule has 0 fully saturated rings. The summed E-state index contributed by atoms with van der Waals surface area (Å²) in [5.74, 6) is -0.816. The summed E-state index contributed by atoms with van der Waals surface area (Å²) in [6.07, 6.45) is 0.0883. The van der Waals surface area contributed by atoms with Crippen LogP contribution in [0.5, 0.6) is 0 Å². The third-order valence-electron chi connectivity index (χ3n) is 5.32. The van der Waals surface area contributed by atoms with Gasteiger partial charge in [0.05, 0.1) is 23.8 Å². The van der Waals surface area contributed by atoms with Crippen LogP contribution in [0.15, 0.2) is 18.2 Å². The van der Waals surface area contributed by atoms with Crippen molar-refractivity contribution in [3.63, 3.8) is 0 Å². The fraction of sp³-hybridized carbons (Fsp3) is 0.450. The average Bonchev–Trinajstić information content (AvgIpc) is 2.99. The maximum absolute atomic E-state index is 13.6. The molecule has 1 aromatic carbocycles. The van der Waals surface area contributed by atoms with Gasteiger partial charge in [-0.05, 0) is 31.5 Å². The van der Waals surface area contributed by atoms with E-state index >= 15 is 0 Å². The number of nitrogens with zero attached hydrogens (tertiary/aromatic N) is 4. The number of nitrogens with one attached hydrogen (secondary N) is 1. The van der Waals surface area contributed by atoms with E-state index in [0.29, 0.717) is 49.4 Å². The number of hydrogen-bond donors (Lipinski definition) is 1. The van der Waals surface area contributed by atoms with Gasteiger partial charge in [0.1, 0.15) is 17.7 Å². The summed E-state index contributed by atoms with van der Waals surface area (Å²) in [6.45, 7) is 3.17. The quantitative estimate of drug-likeness (QED) is 0.799. The maximum Gasteiger partial charge on any atom is 0.322 e. The molecule has 0 bridgehead atoms. The first-order valence-corrected chi connectivity index (χ1v) is 10.2. The van der Waals surface area contributed by atoms with Crippen molar-refractivity contribution in [3.05, 3.63) is 46.0 Å². The zero-order chi connectivity index (χ0) is 21.4. The molecule has 0 aliphatic carbocycles. The summed E-state index contributed by atoms with van der Waals surface area (Å²) < 4.78 is 28.6. The second-order valence-corrected chi connectivity index (χ2v) is 8.02. The van der Waals surface area contributed by atoms with Crippen LogP contribution in [0.25, 0.3) is 0 Å². The van der Waals surface area contributed by atoms with Gasteiger partial charge in [-0.2, -0.15) is 5.10 Å². The molecule has 10 heteroatoms. The number of aromatic nitrogens is 2. The molecule has 0 saturated heterocycles. The van der Waals surface area contributed by atoms with E-state index in [2.05, 4.69) is 10.4 Å². The summed E-state index contributed by atoms with van der Waals surface area (Å²) in [6, 6.07) is 3.58. The van der Waals surface area contributed by atoms with E-state index in [9.17, 15) is 18.4 Å². The van der Waals surface area contributed by atoms with Crippen LogP contribution in [0.2, 0.25) is 5.02 Å². The summed E-state index contributed by atoms with van der Waals surface area (Å²) in [7, 11) is 0. The van der Waals surface area contributed by atoms with Crippen molar-refractivity contribution < 1.29 is 18.4 Å². The third kappa shape index (κ3) is 3.98. The van der Waals surface area contributed by atoms with Crippen molar-refractivity contribution in [3.8, 4) is 0 Å². The van der Waals surface area contributed by atoms with Crippen molar-refractivity contribution >= 4 is 29.2 Å². The molecule has 4 rings (SSSR count).